The molecule has 0 aliphatic carbocycles. The molecule has 2 aliphatic heterocycles. The molecule has 1 atom stereocenters. The molecule has 0 saturated carbocycles. The molecule has 0 spiro atoms. The van der Waals surface area contributed by atoms with Crippen molar-refractivity contribution in [2.45, 2.75) is 31.8 Å². The van der Waals surface area contributed by atoms with Gasteiger partial charge in [-0.05, 0) is 45.0 Å². The maximum Gasteiger partial charge on any atom is 0.318 e. The summed E-state index contributed by atoms with van der Waals surface area (Å²) in [6.45, 7) is 3.27. The normalized spacial score (nSPS) is 19.5. The first kappa shape index (κ1) is 18.1. The minimum atomic E-state index is 0.388. The second-order valence-electron chi connectivity index (χ2n) is 7.93. The van der Waals surface area contributed by atoms with Crippen LogP contribution < -0.4 is 15.4 Å². The van der Waals surface area contributed by atoms with Crippen LogP contribution in [0.2, 0.25) is 0 Å². The van der Waals surface area contributed by atoms with Crippen molar-refractivity contribution in [1.29, 1.82) is 0 Å². The minimum absolute atomic E-state index is 0.388. The zero-order valence-electron chi connectivity index (χ0n) is 16.7. The van der Waals surface area contributed by atoms with Crippen LogP contribution in [-0.4, -0.2) is 52.6 Å². The Morgan fingerprint density at radius 2 is 2.07 bits per heavy atom. The number of rotatable bonds is 4. The Kier molecular flexibility index (Phi) is 4.67. The van der Waals surface area contributed by atoms with E-state index in [1.165, 1.54) is 6.42 Å². The quantitative estimate of drug-likeness (QED) is 0.733. The van der Waals surface area contributed by atoms with Crippen molar-refractivity contribution >= 4 is 22.4 Å². The van der Waals surface area contributed by atoms with Crippen molar-refractivity contribution < 1.29 is 4.74 Å². The largest absolute Gasteiger partial charge is 0.462 e. The number of likely N-dealkylation sites (N-methyl/N-ethyl adjacent to an activating group) is 1. The zero-order valence-corrected chi connectivity index (χ0v) is 16.7. The summed E-state index contributed by atoms with van der Waals surface area (Å²) in [6.07, 6.45) is 5.02. The van der Waals surface area contributed by atoms with Crippen LogP contribution in [0.25, 0.3) is 10.9 Å². The first-order chi connectivity index (χ1) is 14.2. The summed E-state index contributed by atoms with van der Waals surface area (Å²) >= 11 is 0. The van der Waals surface area contributed by atoms with Crippen LogP contribution in [0, 0.1) is 0 Å². The lowest BCUT2D eigenvalue weighted by molar-refractivity contribution is 0.187. The number of ether oxygens (including phenoxy) is 1. The topological polar surface area (TPSA) is 80.4 Å². The second-order valence-corrected chi connectivity index (χ2v) is 7.93. The van der Waals surface area contributed by atoms with E-state index in [1.54, 1.807) is 0 Å². The highest BCUT2D eigenvalue weighted by Crippen LogP contribution is 2.31. The van der Waals surface area contributed by atoms with E-state index in [0.717, 1.165) is 53.8 Å². The van der Waals surface area contributed by atoms with Crippen molar-refractivity contribution in [3.63, 3.8) is 0 Å². The average Bonchev–Trinajstić information content (AvgIpc) is 3.16. The number of hydrogen-bond acceptors (Lipinski definition) is 7. The highest BCUT2D eigenvalue weighted by atomic mass is 16.5. The Morgan fingerprint density at radius 3 is 2.93 bits per heavy atom. The maximum atomic E-state index is 6.26. The van der Waals surface area contributed by atoms with Crippen LogP contribution in [0.3, 0.4) is 0 Å². The molecule has 2 aliphatic rings. The third-order valence-electron chi connectivity index (χ3n) is 6.11. The van der Waals surface area contributed by atoms with Crippen LogP contribution in [0.4, 0.5) is 11.5 Å². The molecule has 2 N–H and O–H groups in total. The van der Waals surface area contributed by atoms with E-state index in [1.807, 2.05) is 12.3 Å². The number of pyridine rings is 1. The lowest BCUT2D eigenvalue weighted by Gasteiger charge is -2.31. The van der Waals surface area contributed by atoms with E-state index in [0.29, 0.717) is 31.0 Å². The molecule has 0 radical (unpaired) electrons. The summed E-state index contributed by atoms with van der Waals surface area (Å²) in [4.78, 5) is 18.4. The van der Waals surface area contributed by atoms with Gasteiger partial charge < -0.3 is 20.3 Å². The molecule has 0 amide bonds. The van der Waals surface area contributed by atoms with Crippen molar-refractivity contribution in [3.05, 3.63) is 47.8 Å². The van der Waals surface area contributed by atoms with Crippen LogP contribution in [0.5, 0.6) is 6.01 Å². The van der Waals surface area contributed by atoms with Gasteiger partial charge in [0.15, 0.2) is 0 Å². The molecule has 7 heteroatoms. The molecular formula is C22H26N6O. The Bertz CT molecular complexity index is 1030. The Labute approximate surface area is 170 Å². The Hall–Kier alpha value is -2.93. The molecule has 7 nitrogen and oxygen atoms in total. The first-order valence-electron chi connectivity index (χ1n) is 10.3. The monoisotopic (exact) mass is 390 g/mol. The number of anilines is 2. The fourth-order valence-corrected chi connectivity index (χ4v) is 4.41. The van der Waals surface area contributed by atoms with Crippen molar-refractivity contribution in [2.24, 2.45) is 0 Å². The maximum absolute atomic E-state index is 6.26. The van der Waals surface area contributed by atoms with Gasteiger partial charge in [0, 0.05) is 29.7 Å². The number of benzene rings is 1. The fraction of sp³-hybridized carbons (Fsp3) is 0.409. The summed E-state index contributed by atoms with van der Waals surface area (Å²) in [5.74, 6) is 0.542. The molecule has 1 fully saturated rings. The van der Waals surface area contributed by atoms with Gasteiger partial charge in [-0.1, -0.05) is 18.2 Å². The summed E-state index contributed by atoms with van der Waals surface area (Å²) in [6, 6.07) is 11.2. The third-order valence-corrected chi connectivity index (χ3v) is 6.11. The number of hydrogen-bond donors (Lipinski definition) is 1. The lowest BCUT2D eigenvalue weighted by Crippen LogP contribution is -2.33. The van der Waals surface area contributed by atoms with Gasteiger partial charge in [-0.15, -0.1) is 0 Å². The van der Waals surface area contributed by atoms with Gasteiger partial charge in [-0.3, -0.25) is 4.98 Å². The van der Waals surface area contributed by atoms with E-state index in [9.17, 15) is 0 Å². The summed E-state index contributed by atoms with van der Waals surface area (Å²) in [7, 11) is 2.14. The van der Waals surface area contributed by atoms with E-state index >= 15 is 0 Å². The highest BCUT2D eigenvalue weighted by molar-refractivity contribution is 5.90. The molecule has 0 unspecified atom stereocenters. The van der Waals surface area contributed by atoms with Crippen molar-refractivity contribution in [1.82, 2.24) is 19.9 Å². The van der Waals surface area contributed by atoms with Crippen LogP contribution in [0.15, 0.2) is 36.5 Å². The number of aromatic nitrogens is 3. The van der Waals surface area contributed by atoms with Gasteiger partial charge >= 0.3 is 6.01 Å². The molecule has 1 saturated heterocycles. The predicted octanol–water partition coefficient (Wildman–Crippen LogP) is 2.64. The van der Waals surface area contributed by atoms with Gasteiger partial charge in [-0.25, -0.2) is 0 Å². The van der Waals surface area contributed by atoms with Crippen LogP contribution >= 0.6 is 0 Å². The standard InChI is InChI=1S/C22H26N6O/c1-27-11-4-7-16(27)14-29-22-25-18-13-28(12-9-17(18)21(23)26-22)19-8-2-5-15-6-3-10-24-20(15)19/h2-3,5-6,8,10,16H,4,7,9,11-14H2,1H3,(H2,23,25,26)/t16-/m0/s1. The number of likely N-dealkylation sites (tertiary alicyclic amines) is 1. The SMILES string of the molecule is CN1CCC[C@H]1COc1nc(N)c2c(n1)CN(c1cccc3cccnc13)CC2. The van der Waals surface area contributed by atoms with Gasteiger partial charge in [0.2, 0.25) is 0 Å². The summed E-state index contributed by atoms with van der Waals surface area (Å²) < 4.78 is 5.94. The molecule has 4 heterocycles. The van der Waals surface area contributed by atoms with Crippen molar-refractivity contribution in [3.8, 4) is 6.01 Å². The average molecular weight is 390 g/mol. The van der Waals surface area contributed by atoms with E-state index < -0.39 is 0 Å². The van der Waals surface area contributed by atoms with Crippen LogP contribution in [0.1, 0.15) is 24.1 Å². The van der Waals surface area contributed by atoms with Gasteiger partial charge in [0.1, 0.15) is 12.4 Å². The molecule has 5 rings (SSSR count). The van der Waals surface area contributed by atoms with Gasteiger partial charge in [0.25, 0.3) is 0 Å². The molecule has 1 aromatic carbocycles. The Balaban J connectivity index is 1.39. The third kappa shape index (κ3) is 3.46. The molecular weight excluding hydrogens is 364 g/mol. The van der Waals surface area contributed by atoms with Gasteiger partial charge in [0.05, 0.1) is 23.4 Å². The van der Waals surface area contributed by atoms with E-state index in [-0.39, 0.29) is 0 Å². The van der Waals surface area contributed by atoms with Crippen LogP contribution in [-0.2, 0) is 13.0 Å². The number of fused-ring (bicyclic) bond motifs is 2. The number of nitrogens with two attached hydrogens (primary N) is 1. The second kappa shape index (κ2) is 7.48. The molecule has 0 bridgehead atoms. The summed E-state index contributed by atoms with van der Waals surface area (Å²) in [5, 5.41) is 1.14. The Morgan fingerprint density at radius 1 is 1.17 bits per heavy atom. The number of para-hydroxylation sites is 1. The van der Waals surface area contributed by atoms with E-state index in [4.69, 9.17) is 15.5 Å². The minimum Gasteiger partial charge on any atom is -0.462 e. The lowest BCUT2D eigenvalue weighted by atomic mass is 10.0. The van der Waals surface area contributed by atoms with Crippen molar-refractivity contribution in [2.75, 3.05) is 37.4 Å². The summed E-state index contributed by atoms with van der Waals surface area (Å²) in [5.41, 5.74) is 10.4. The highest BCUT2D eigenvalue weighted by Gasteiger charge is 2.25. The molecule has 150 valence electrons. The molecule has 29 heavy (non-hydrogen) atoms. The smallest absolute Gasteiger partial charge is 0.318 e. The first-order valence-corrected chi connectivity index (χ1v) is 10.3. The van der Waals surface area contributed by atoms with Gasteiger partial charge in [-0.2, -0.15) is 9.97 Å². The predicted molar refractivity (Wildman–Crippen MR) is 114 cm³/mol. The molecule has 2 aromatic heterocycles. The number of nitrogens with zero attached hydrogens (tertiary/aromatic N) is 5. The van der Waals surface area contributed by atoms with E-state index in [2.05, 4.69) is 51.1 Å². The fourth-order valence-electron chi connectivity index (χ4n) is 4.41. The zero-order chi connectivity index (χ0) is 19.8. The number of nitrogen functional groups attached to an aromatic ring is 1. The molecule has 3 aromatic rings.